The molecule has 0 heterocycles. The van der Waals surface area contributed by atoms with E-state index < -0.39 is 4.92 Å². The number of halogens is 1. The van der Waals surface area contributed by atoms with E-state index in [0.717, 1.165) is 24.8 Å². The van der Waals surface area contributed by atoms with E-state index in [4.69, 9.17) is 0 Å². The summed E-state index contributed by atoms with van der Waals surface area (Å²) in [6.07, 6.45) is 3.06. The molecule has 0 spiro atoms. The molecule has 1 amide bonds. The normalized spacial score (nSPS) is 22.2. The number of nitro benzene ring substituents is 1. The molecule has 6 heteroatoms. The summed E-state index contributed by atoms with van der Waals surface area (Å²) in [6.45, 7) is 1.78. The minimum Gasteiger partial charge on any atom is -0.348 e. The lowest BCUT2D eigenvalue weighted by atomic mass is 10.1. The van der Waals surface area contributed by atoms with E-state index in [1.165, 1.54) is 12.1 Å². The average molecular weight is 327 g/mol. The SMILES string of the molecule is Cc1ccc([N+](=O)[O-])cc1C(=O)NC1CCCC1Br. The molecule has 1 saturated carbocycles. The number of carbonyl (C=O) groups excluding carboxylic acids is 1. The van der Waals surface area contributed by atoms with Gasteiger partial charge in [-0.2, -0.15) is 0 Å². The van der Waals surface area contributed by atoms with Gasteiger partial charge in [-0.3, -0.25) is 14.9 Å². The Morgan fingerprint density at radius 1 is 1.47 bits per heavy atom. The Morgan fingerprint density at radius 2 is 2.21 bits per heavy atom. The van der Waals surface area contributed by atoms with Gasteiger partial charge in [-0.1, -0.05) is 28.4 Å². The number of nitro groups is 1. The molecule has 1 N–H and O–H groups in total. The molecule has 0 bridgehead atoms. The fourth-order valence-electron chi connectivity index (χ4n) is 2.29. The first-order valence-electron chi connectivity index (χ1n) is 6.19. The molecule has 19 heavy (non-hydrogen) atoms. The van der Waals surface area contributed by atoms with Crippen molar-refractivity contribution >= 4 is 27.5 Å². The second-order valence-corrected chi connectivity index (χ2v) is 5.96. The number of nitrogens with zero attached hydrogens (tertiary/aromatic N) is 1. The summed E-state index contributed by atoms with van der Waals surface area (Å²) in [7, 11) is 0. The zero-order valence-corrected chi connectivity index (χ0v) is 12.1. The molecule has 5 nitrogen and oxygen atoms in total. The maximum Gasteiger partial charge on any atom is 0.270 e. The van der Waals surface area contributed by atoms with Gasteiger partial charge in [0.1, 0.15) is 0 Å². The maximum absolute atomic E-state index is 12.2. The van der Waals surface area contributed by atoms with Crippen LogP contribution in [0.25, 0.3) is 0 Å². The summed E-state index contributed by atoms with van der Waals surface area (Å²) < 4.78 is 0. The summed E-state index contributed by atoms with van der Waals surface area (Å²) in [4.78, 5) is 22.7. The van der Waals surface area contributed by atoms with Crippen LogP contribution in [0.4, 0.5) is 5.69 Å². The number of aryl methyl sites for hydroxylation is 1. The highest BCUT2D eigenvalue weighted by atomic mass is 79.9. The molecule has 1 aliphatic carbocycles. The highest BCUT2D eigenvalue weighted by Crippen LogP contribution is 2.26. The van der Waals surface area contributed by atoms with E-state index >= 15 is 0 Å². The van der Waals surface area contributed by atoms with Gasteiger partial charge in [0, 0.05) is 28.6 Å². The lowest BCUT2D eigenvalue weighted by Crippen LogP contribution is -2.38. The van der Waals surface area contributed by atoms with E-state index in [0.29, 0.717) is 5.56 Å². The lowest BCUT2D eigenvalue weighted by molar-refractivity contribution is -0.384. The van der Waals surface area contributed by atoms with Crippen LogP contribution in [0.3, 0.4) is 0 Å². The second kappa shape index (κ2) is 5.69. The van der Waals surface area contributed by atoms with Gasteiger partial charge < -0.3 is 5.32 Å². The third-order valence-electron chi connectivity index (χ3n) is 3.42. The Labute approximate surface area is 119 Å². The number of hydrogen-bond donors (Lipinski definition) is 1. The van der Waals surface area contributed by atoms with E-state index in [1.54, 1.807) is 13.0 Å². The lowest BCUT2D eigenvalue weighted by Gasteiger charge is -2.16. The van der Waals surface area contributed by atoms with Crippen LogP contribution in [-0.2, 0) is 0 Å². The Morgan fingerprint density at radius 3 is 2.79 bits per heavy atom. The molecule has 1 aromatic rings. The molecule has 1 fully saturated rings. The largest absolute Gasteiger partial charge is 0.348 e. The molecule has 1 aromatic carbocycles. The van der Waals surface area contributed by atoms with Gasteiger partial charge in [0.25, 0.3) is 11.6 Å². The number of alkyl halides is 1. The van der Waals surface area contributed by atoms with Gasteiger partial charge in [-0.25, -0.2) is 0 Å². The zero-order chi connectivity index (χ0) is 14.0. The topological polar surface area (TPSA) is 72.2 Å². The maximum atomic E-state index is 12.2. The summed E-state index contributed by atoms with van der Waals surface area (Å²) in [5, 5.41) is 13.7. The quantitative estimate of drug-likeness (QED) is 0.527. The van der Waals surface area contributed by atoms with Gasteiger partial charge in [-0.05, 0) is 25.3 Å². The van der Waals surface area contributed by atoms with Gasteiger partial charge in [0.2, 0.25) is 0 Å². The van der Waals surface area contributed by atoms with Crippen molar-refractivity contribution in [2.75, 3.05) is 0 Å². The summed E-state index contributed by atoms with van der Waals surface area (Å²) in [5.41, 5.74) is 1.06. The van der Waals surface area contributed by atoms with Gasteiger partial charge >= 0.3 is 0 Å². The first-order chi connectivity index (χ1) is 8.99. The minimum absolute atomic E-state index is 0.0578. The van der Waals surface area contributed by atoms with Crippen molar-refractivity contribution in [2.24, 2.45) is 0 Å². The predicted octanol–water partition coefficient (Wildman–Crippen LogP) is 2.95. The smallest absolute Gasteiger partial charge is 0.270 e. The van der Waals surface area contributed by atoms with E-state index in [2.05, 4.69) is 21.2 Å². The highest BCUT2D eigenvalue weighted by Gasteiger charge is 2.27. The van der Waals surface area contributed by atoms with Gasteiger partial charge in [-0.15, -0.1) is 0 Å². The number of rotatable bonds is 3. The number of hydrogen-bond acceptors (Lipinski definition) is 3. The summed E-state index contributed by atoms with van der Waals surface area (Å²) in [5.74, 6) is -0.238. The van der Waals surface area contributed by atoms with E-state index in [1.807, 2.05) is 0 Å². The number of benzene rings is 1. The van der Waals surface area contributed by atoms with Crippen molar-refractivity contribution < 1.29 is 9.72 Å². The molecule has 102 valence electrons. The molecule has 2 unspecified atom stereocenters. The van der Waals surface area contributed by atoms with Crippen LogP contribution < -0.4 is 5.32 Å². The number of nitrogens with one attached hydrogen (secondary N) is 1. The number of non-ortho nitro benzene ring substituents is 1. The highest BCUT2D eigenvalue weighted by molar-refractivity contribution is 9.09. The van der Waals surface area contributed by atoms with Crippen LogP contribution in [0.2, 0.25) is 0 Å². The predicted molar refractivity (Wildman–Crippen MR) is 75.7 cm³/mol. The van der Waals surface area contributed by atoms with E-state index in [9.17, 15) is 14.9 Å². The zero-order valence-electron chi connectivity index (χ0n) is 10.6. The standard InChI is InChI=1S/C13H15BrN2O3/c1-8-5-6-9(16(18)19)7-10(8)13(17)15-12-4-2-3-11(12)14/h5-7,11-12H,2-4H2,1H3,(H,15,17). The monoisotopic (exact) mass is 326 g/mol. The van der Waals surface area contributed by atoms with Crippen molar-refractivity contribution in [2.45, 2.75) is 37.1 Å². The Balaban J connectivity index is 2.18. The molecule has 0 radical (unpaired) electrons. The van der Waals surface area contributed by atoms with Crippen LogP contribution >= 0.6 is 15.9 Å². The molecule has 2 atom stereocenters. The Bertz CT molecular complexity index is 519. The fraction of sp³-hybridized carbons (Fsp3) is 0.462. The molecule has 0 saturated heterocycles. The van der Waals surface area contributed by atoms with Gasteiger partial charge in [0.15, 0.2) is 0 Å². The third kappa shape index (κ3) is 3.12. The molecule has 1 aliphatic rings. The summed E-state index contributed by atoms with van der Waals surface area (Å²) in [6, 6.07) is 4.46. The first-order valence-corrected chi connectivity index (χ1v) is 7.10. The van der Waals surface area contributed by atoms with Crippen molar-refractivity contribution in [1.82, 2.24) is 5.32 Å². The van der Waals surface area contributed by atoms with Gasteiger partial charge in [0.05, 0.1) is 4.92 Å². The number of amides is 1. The molecule has 0 aliphatic heterocycles. The molecule has 2 rings (SSSR count). The minimum atomic E-state index is -0.487. The average Bonchev–Trinajstić information content (AvgIpc) is 2.75. The Hall–Kier alpha value is -1.43. The second-order valence-electron chi connectivity index (χ2n) is 4.78. The fourth-order valence-corrected chi connectivity index (χ4v) is 3.01. The summed E-state index contributed by atoms with van der Waals surface area (Å²) >= 11 is 3.54. The van der Waals surface area contributed by atoms with Crippen LogP contribution in [0, 0.1) is 17.0 Å². The molecular weight excluding hydrogens is 312 g/mol. The van der Waals surface area contributed by atoms with Crippen LogP contribution in [0.1, 0.15) is 35.2 Å². The molecular formula is C13H15BrN2O3. The first kappa shape index (κ1) is 14.0. The van der Waals surface area contributed by atoms with Crippen LogP contribution in [0.5, 0.6) is 0 Å². The molecule has 0 aromatic heterocycles. The van der Waals surface area contributed by atoms with Crippen LogP contribution in [-0.4, -0.2) is 21.7 Å². The van der Waals surface area contributed by atoms with Crippen molar-refractivity contribution in [3.8, 4) is 0 Å². The van der Waals surface area contributed by atoms with E-state index in [-0.39, 0.29) is 22.5 Å². The third-order valence-corrected chi connectivity index (χ3v) is 4.52. The van der Waals surface area contributed by atoms with Crippen molar-refractivity contribution in [3.63, 3.8) is 0 Å². The number of carbonyl (C=O) groups is 1. The van der Waals surface area contributed by atoms with Crippen molar-refractivity contribution in [1.29, 1.82) is 0 Å². The Kier molecular flexibility index (Phi) is 4.19. The van der Waals surface area contributed by atoms with Crippen molar-refractivity contribution in [3.05, 3.63) is 39.4 Å². The van der Waals surface area contributed by atoms with Crippen LogP contribution in [0.15, 0.2) is 18.2 Å².